The van der Waals surface area contributed by atoms with Crippen molar-refractivity contribution in [1.29, 1.82) is 0 Å². The van der Waals surface area contributed by atoms with E-state index in [-0.39, 0.29) is 0 Å². The van der Waals surface area contributed by atoms with E-state index in [2.05, 4.69) is 30.3 Å². The van der Waals surface area contributed by atoms with Gasteiger partial charge >= 0.3 is 0 Å². The highest BCUT2D eigenvalue weighted by atomic mass is 16.5. The molecule has 2 aromatic rings. The van der Waals surface area contributed by atoms with Gasteiger partial charge in [-0.1, -0.05) is 6.92 Å². The van der Waals surface area contributed by atoms with Crippen molar-refractivity contribution < 1.29 is 4.74 Å². The second-order valence-electron chi connectivity index (χ2n) is 6.23. The van der Waals surface area contributed by atoms with Crippen LogP contribution < -0.4 is 5.32 Å². The zero-order valence-electron chi connectivity index (χ0n) is 13.9. The van der Waals surface area contributed by atoms with Gasteiger partial charge in [-0.2, -0.15) is 9.61 Å². The molecule has 0 unspecified atom stereocenters. The molecule has 1 fully saturated rings. The summed E-state index contributed by atoms with van der Waals surface area (Å²) in [4.78, 5) is 4.71. The molecule has 1 atom stereocenters. The van der Waals surface area contributed by atoms with Gasteiger partial charge in [0.15, 0.2) is 5.65 Å². The Labute approximate surface area is 132 Å². The average Bonchev–Trinajstić information content (AvgIpc) is 2.84. The van der Waals surface area contributed by atoms with E-state index in [4.69, 9.17) is 9.72 Å². The van der Waals surface area contributed by atoms with Crippen molar-refractivity contribution in [2.75, 3.05) is 25.1 Å². The smallest absolute Gasteiger partial charge is 0.160 e. The van der Waals surface area contributed by atoms with Gasteiger partial charge in [-0.25, -0.2) is 4.98 Å². The van der Waals surface area contributed by atoms with E-state index in [1.54, 1.807) is 0 Å². The summed E-state index contributed by atoms with van der Waals surface area (Å²) in [7, 11) is 0. The second-order valence-corrected chi connectivity index (χ2v) is 6.23. The molecule has 1 N–H and O–H groups in total. The number of nitrogens with one attached hydrogen (secondary N) is 1. The van der Waals surface area contributed by atoms with Gasteiger partial charge in [-0.3, -0.25) is 0 Å². The van der Waals surface area contributed by atoms with E-state index in [0.29, 0.717) is 5.92 Å². The van der Waals surface area contributed by atoms with Gasteiger partial charge in [0.2, 0.25) is 0 Å². The van der Waals surface area contributed by atoms with Crippen molar-refractivity contribution in [3.8, 4) is 0 Å². The zero-order chi connectivity index (χ0) is 15.5. The molecule has 0 bridgehead atoms. The summed E-state index contributed by atoms with van der Waals surface area (Å²) in [6.45, 7) is 9.06. The van der Waals surface area contributed by atoms with Crippen LogP contribution in [0.15, 0.2) is 6.07 Å². The Morgan fingerprint density at radius 3 is 3.00 bits per heavy atom. The van der Waals surface area contributed by atoms with Crippen molar-refractivity contribution in [1.82, 2.24) is 14.6 Å². The quantitative estimate of drug-likeness (QED) is 0.922. The topological polar surface area (TPSA) is 51.5 Å². The maximum Gasteiger partial charge on any atom is 0.160 e. The van der Waals surface area contributed by atoms with Crippen molar-refractivity contribution >= 4 is 11.5 Å². The summed E-state index contributed by atoms with van der Waals surface area (Å²) < 4.78 is 7.50. The molecule has 1 aliphatic heterocycles. The van der Waals surface area contributed by atoms with E-state index in [1.807, 2.05) is 11.4 Å². The largest absolute Gasteiger partial charge is 0.381 e. The van der Waals surface area contributed by atoms with E-state index in [1.165, 1.54) is 18.4 Å². The van der Waals surface area contributed by atoms with Crippen LogP contribution >= 0.6 is 0 Å². The molecule has 1 saturated heterocycles. The minimum Gasteiger partial charge on any atom is -0.381 e. The van der Waals surface area contributed by atoms with Crippen LogP contribution in [0, 0.1) is 19.8 Å². The molecule has 3 heterocycles. The van der Waals surface area contributed by atoms with Crippen LogP contribution in [-0.2, 0) is 11.2 Å². The molecule has 0 aromatic carbocycles. The third-order valence-electron chi connectivity index (χ3n) is 4.59. The Balaban J connectivity index is 1.75. The Morgan fingerprint density at radius 2 is 2.27 bits per heavy atom. The van der Waals surface area contributed by atoms with Gasteiger partial charge in [0, 0.05) is 37.1 Å². The molecular weight excluding hydrogens is 276 g/mol. The lowest BCUT2D eigenvalue weighted by Gasteiger charge is -2.22. The Hall–Kier alpha value is -1.62. The van der Waals surface area contributed by atoms with Gasteiger partial charge < -0.3 is 10.1 Å². The fourth-order valence-corrected chi connectivity index (χ4v) is 3.03. The molecule has 120 valence electrons. The van der Waals surface area contributed by atoms with E-state index in [9.17, 15) is 0 Å². The fraction of sp³-hybridized carbons (Fsp3) is 0.647. The monoisotopic (exact) mass is 302 g/mol. The first-order valence-corrected chi connectivity index (χ1v) is 8.36. The van der Waals surface area contributed by atoms with E-state index < -0.39 is 0 Å². The van der Waals surface area contributed by atoms with Gasteiger partial charge in [0.05, 0.1) is 5.69 Å². The van der Waals surface area contributed by atoms with Gasteiger partial charge in [-0.05, 0) is 45.4 Å². The van der Waals surface area contributed by atoms with Gasteiger partial charge in [0.1, 0.15) is 5.82 Å². The normalized spacial score (nSPS) is 18.8. The number of fused-ring (bicyclic) bond motifs is 1. The number of ether oxygens (including phenoxy) is 1. The van der Waals surface area contributed by atoms with Crippen molar-refractivity contribution in [2.24, 2.45) is 5.92 Å². The summed E-state index contributed by atoms with van der Waals surface area (Å²) in [6, 6.07) is 2.12. The second kappa shape index (κ2) is 6.65. The lowest BCUT2D eigenvalue weighted by Crippen LogP contribution is -2.20. The highest BCUT2D eigenvalue weighted by Crippen LogP contribution is 2.20. The maximum absolute atomic E-state index is 5.56. The highest BCUT2D eigenvalue weighted by Gasteiger charge is 2.15. The van der Waals surface area contributed by atoms with Crippen LogP contribution in [-0.4, -0.2) is 34.4 Å². The number of aryl methyl sites for hydroxylation is 3. The summed E-state index contributed by atoms with van der Waals surface area (Å²) in [5, 5.41) is 8.18. The molecule has 3 rings (SSSR count). The predicted octanol–water partition coefficient (Wildman–Crippen LogP) is 3.14. The fourth-order valence-electron chi connectivity index (χ4n) is 3.03. The number of anilines is 1. The van der Waals surface area contributed by atoms with Crippen molar-refractivity contribution in [3.63, 3.8) is 0 Å². The number of hydrogen-bond donors (Lipinski definition) is 1. The Morgan fingerprint density at radius 1 is 1.41 bits per heavy atom. The first-order valence-electron chi connectivity index (χ1n) is 8.36. The predicted molar refractivity (Wildman–Crippen MR) is 88.5 cm³/mol. The molecule has 5 nitrogen and oxygen atoms in total. The summed E-state index contributed by atoms with van der Waals surface area (Å²) in [5.41, 5.74) is 4.29. The SMILES string of the molecule is CCc1cc(NCC[C@@H]2CCCOC2)n2nc(C)c(C)c2n1. The zero-order valence-corrected chi connectivity index (χ0v) is 13.9. The summed E-state index contributed by atoms with van der Waals surface area (Å²) >= 11 is 0. The molecule has 1 aliphatic rings. The van der Waals surface area contributed by atoms with E-state index >= 15 is 0 Å². The van der Waals surface area contributed by atoms with Crippen LogP contribution in [0.3, 0.4) is 0 Å². The molecule has 22 heavy (non-hydrogen) atoms. The van der Waals surface area contributed by atoms with E-state index in [0.717, 1.165) is 55.5 Å². The van der Waals surface area contributed by atoms with Crippen LogP contribution in [0.25, 0.3) is 5.65 Å². The van der Waals surface area contributed by atoms with Gasteiger partial charge in [-0.15, -0.1) is 0 Å². The first-order chi connectivity index (χ1) is 10.7. The lowest BCUT2D eigenvalue weighted by atomic mass is 9.99. The minimum absolute atomic E-state index is 0.685. The van der Waals surface area contributed by atoms with Crippen LogP contribution in [0.5, 0.6) is 0 Å². The number of aromatic nitrogens is 3. The molecule has 0 saturated carbocycles. The van der Waals surface area contributed by atoms with Crippen LogP contribution in [0.1, 0.15) is 43.1 Å². The Kier molecular flexibility index (Phi) is 4.62. The lowest BCUT2D eigenvalue weighted by molar-refractivity contribution is 0.0530. The number of nitrogens with zero attached hydrogens (tertiary/aromatic N) is 3. The molecule has 2 aromatic heterocycles. The average molecular weight is 302 g/mol. The third-order valence-corrected chi connectivity index (χ3v) is 4.59. The molecule has 0 aliphatic carbocycles. The minimum atomic E-state index is 0.685. The van der Waals surface area contributed by atoms with Gasteiger partial charge in [0.25, 0.3) is 0 Å². The van der Waals surface area contributed by atoms with Crippen molar-refractivity contribution in [3.05, 3.63) is 23.0 Å². The third kappa shape index (κ3) is 3.09. The molecule has 5 heteroatoms. The summed E-state index contributed by atoms with van der Waals surface area (Å²) in [6.07, 6.45) is 4.56. The molecule has 0 radical (unpaired) electrons. The molecule has 0 spiro atoms. The maximum atomic E-state index is 5.56. The summed E-state index contributed by atoms with van der Waals surface area (Å²) in [5.74, 6) is 1.74. The molecule has 0 amide bonds. The molecular formula is C17H26N4O. The number of rotatable bonds is 5. The first kappa shape index (κ1) is 15.3. The van der Waals surface area contributed by atoms with Crippen LogP contribution in [0.2, 0.25) is 0 Å². The van der Waals surface area contributed by atoms with Crippen molar-refractivity contribution in [2.45, 2.75) is 46.5 Å². The number of hydrogen-bond acceptors (Lipinski definition) is 4. The highest BCUT2D eigenvalue weighted by molar-refractivity contribution is 5.56. The Bertz CT molecular complexity index is 644. The van der Waals surface area contributed by atoms with Crippen LogP contribution in [0.4, 0.5) is 5.82 Å². The standard InChI is InChI=1S/C17H26N4O/c1-4-15-10-16(18-8-7-14-6-5-9-22-11-14)21-17(19-15)12(2)13(3)20-21/h10,14,18H,4-9,11H2,1-3H3/t14-/m0/s1.